The van der Waals surface area contributed by atoms with E-state index in [0.717, 1.165) is 17.9 Å². The normalized spacial score (nSPS) is 16.2. The third kappa shape index (κ3) is 6.04. The van der Waals surface area contributed by atoms with Crippen LogP contribution >= 0.6 is 0 Å². The van der Waals surface area contributed by atoms with Crippen LogP contribution in [0, 0.1) is 5.92 Å². The Hall–Kier alpha value is -2.04. The van der Waals surface area contributed by atoms with Crippen molar-refractivity contribution in [3.63, 3.8) is 0 Å². The minimum atomic E-state index is -1.37. The van der Waals surface area contributed by atoms with Gasteiger partial charge in [0.2, 0.25) is 0 Å². The van der Waals surface area contributed by atoms with Gasteiger partial charge in [0.25, 0.3) is 5.79 Å². The van der Waals surface area contributed by atoms with Gasteiger partial charge in [-0.2, -0.15) is 0 Å². The molecule has 0 saturated heterocycles. The summed E-state index contributed by atoms with van der Waals surface area (Å²) in [7, 11) is 0. The highest BCUT2D eigenvalue weighted by Crippen LogP contribution is 2.29. The lowest BCUT2D eigenvalue weighted by Gasteiger charge is -2.26. The predicted octanol–water partition coefficient (Wildman–Crippen LogP) is 4.98. The van der Waals surface area contributed by atoms with Crippen molar-refractivity contribution in [1.82, 2.24) is 0 Å². The molecule has 1 aromatic carbocycles. The van der Waals surface area contributed by atoms with Crippen molar-refractivity contribution in [2.24, 2.45) is 5.92 Å². The zero-order chi connectivity index (χ0) is 19.2. The van der Waals surface area contributed by atoms with Crippen LogP contribution in [-0.2, 0) is 25.4 Å². The van der Waals surface area contributed by atoms with Crippen molar-refractivity contribution in [3.8, 4) is 0 Å². The molecular formula is C21H30O5. The first-order valence-corrected chi connectivity index (χ1v) is 9.48. The largest absolute Gasteiger partial charge is 0.511 e. The van der Waals surface area contributed by atoms with Gasteiger partial charge in [0.15, 0.2) is 0 Å². The number of carbonyl (C=O) groups is 2. The maximum absolute atomic E-state index is 12.4. The van der Waals surface area contributed by atoms with E-state index in [1.807, 2.05) is 12.1 Å². The molecule has 0 spiro atoms. The monoisotopic (exact) mass is 362 g/mol. The SMILES string of the molecule is CCOC(=O)OC(C)(C)OC(=O)[C@@H](C)c1ccc(CC2CCCC2)cc1. The van der Waals surface area contributed by atoms with Crippen LogP contribution in [0.15, 0.2) is 24.3 Å². The third-order valence-electron chi connectivity index (χ3n) is 4.77. The molecule has 0 amide bonds. The number of carbonyl (C=O) groups excluding carboxylic acids is 2. The van der Waals surface area contributed by atoms with Crippen LogP contribution in [0.25, 0.3) is 0 Å². The van der Waals surface area contributed by atoms with Crippen LogP contribution in [0.3, 0.4) is 0 Å². The molecule has 0 N–H and O–H groups in total. The number of hydrogen-bond donors (Lipinski definition) is 0. The van der Waals surface area contributed by atoms with E-state index < -0.39 is 23.8 Å². The van der Waals surface area contributed by atoms with E-state index in [0.29, 0.717) is 0 Å². The van der Waals surface area contributed by atoms with Gasteiger partial charge in [-0.1, -0.05) is 49.9 Å². The van der Waals surface area contributed by atoms with E-state index in [-0.39, 0.29) is 6.61 Å². The molecule has 0 aliphatic heterocycles. The fourth-order valence-electron chi connectivity index (χ4n) is 3.33. The molecule has 2 rings (SSSR count). The van der Waals surface area contributed by atoms with Gasteiger partial charge in [-0.15, -0.1) is 0 Å². The van der Waals surface area contributed by atoms with E-state index in [1.165, 1.54) is 45.1 Å². The third-order valence-corrected chi connectivity index (χ3v) is 4.77. The summed E-state index contributed by atoms with van der Waals surface area (Å²) in [6, 6.07) is 8.15. The number of rotatable bonds is 7. The van der Waals surface area contributed by atoms with Crippen LogP contribution < -0.4 is 0 Å². The van der Waals surface area contributed by atoms with Crippen molar-refractivity contribution in [2.75, 3.05) is 6.61 Å². The predicted molar refractivity (Wildman–Crippen MR) is 98.8 cm³/mol. The second-order valence-electron chi connectivity index (χ2n) is 7.42. The van der Waals surface area contributed by atoms with Crippen LogP contribution in [0.5, 0.6) is 0 Å². The minimum Gasteiger partial charge on any atom is -0.434 e. The topological polar surface area (TPSA) is 61.8 Å². The van der Waals surface area contributed by atoms with Gasteiger partial charge in [0.05, 0.1) is 12.5 Å². The van der Waals surface area contributed by atoms with Crippen LogP contribution in [0.4, 0.5) is 4.79 Å². The summed E-state index contributed by atoms with van der Waals surface area (Å²) in [6.45, 7) is 6.69. The number of benzene rings is 1. The molecular weight excluding hydrogens is 332 g/mol. The summed E-state index contributed by atoms with van der Waals surface area (Å²) in [5, 5.41) is 0. The summed E-state index contributed by atoms with van der Waals surface area (Å²) in [6.07, 6.45) is 5.58. The molecule has 1 atom stereocenters. The molecule has 0 unspecified atom stereocenters. The molecule has 0 heterocycles. The Bertz CT molecular complexity index is 599. The highest BCUT2D eigenvalue weighted by Gasteiger charge is 2.31. The summed E-state index contributed by atoms with van der Waals surface area (Å²) in [4.78, 5) is 23.8. The standard InChI is InChI=1S/C21H30O5/c1-5-24-20(23)26-21(3,4)25-19(22)15(2)18-12-10-17(11-13-18)14-16-8-6-7-9-16/h10-13,15-16H,5-9,14H2,1-4H3/t15-/m0/s1. The molecule has 0 bridgehead atoms. The highest BCUT2D eigenvalue weighted by molar-refractivity contribution is 5.78. The van der Waals surface area contributed by atoms with Crippen LogP contribution in [0.2, 0.25) is 0 Å². The van der Waals surface area contributed by atoms with Gasteiger partial charge >= 0.3 is 12.1 Å². The fourth-order valence-corrected chi connectivity index (χ4v) is 3.33. The van der Waals surface area contributed by atoms with Crippen LogP contribution in [-0.4, -0.2) is 24.5 Å². The van der Waals surface area contributed by atoms with Crippen molar-refractivity contribution in [1.29, 1.82) is 0 Å². The molecule has 1 aliphatic rings. The van der Waals surface area contributed by atoms with Crippen LogP contribution in [0.1, 0.15) is 70.4 Å². The first-order valence-electron chi connectivity index (χ1n) is 9.48. The molecule has 5 nitrogen and oxygen atoms in total. The summed E-state index contributed by atoms with van der Waals surface area (Å²) in [5.74, 6) is -1.47. The summed E-state index contributed by atoms with van der Waals surface area (Å²) >= 11 is 0. The fraction of sp³-hybridized carbons (Fsp3) is 0.619. The van der Waals surface area contributed by atoms with E-state index >= 15 is 0 Å². The Morgan fingerprint density at radius 3 is 2.31 bits per heavy atom. The van der Waals surface area contributed by atoms with E-state index in [2.05, 4.69) is 12.1 Å². The Balaban J connectivity index is 1.91. The number of hydrogen-bond acceptors (Lipinski definition) is 5. The summed E-state index contributed by atoms with van der Waals surface area (Å²) in [5.41, 5.74) is 2.20. The Kier molecular flexibility index (Phi) is 7.06. The van der Waals surface area contributed by atoms with Gasteiger partial charge in [0.1, 0.15) is 0 Å². The van der Waals surface area contributed by atoms with Gasteiger partial charge < -0.3 is 14.2 Å². The molecule has 1 fully saturated rings. The zero-order valence-corrected chi connectivity index (χ0v) is 16.2. The smallest absolute Gasteiger partial charge is 0.434 e. The second kappa shape index (κ2) is 9.06. The van der Waals surface area contributed by atoms with Crippen molar-refractivity contribution in [3.05, 3.63) is 35.4 Å². The lowest BCUT2D eigenvalue weighted by atomic mass is 9.95. The lowest BCUT2D eigenvalue weighted by molar-refractivity contribution is -0.201. The van der Waals surface area contributed by atoms with Gasteiger partial charge in [0, 0.05) is 13.8 Å². The average Bonchev–Trinajstić information content (AvgIpc) is 3.07. The van der Waals surface area contributed by atoms with Gasteiger partial charge in [-0.25, -0.2) is 4.79 Å². The van der Waals surface area contributed by atoms with Crippen molar-refractivity contribution < 1.29 is 23.8 Å². The second-order valence-corrected chi connectivity index (χ2v) is 7.42. The Morgan fingerprint density at radius 2 is 1.73 bits per heavy atom. The van der Waals surface area contributed by atoms with E-state index in [4.69, 9.17) is 14.2 Å². The Morgan fingerprint density at radius 1 is 1.12 bits per heavy atom. The minimum absolute atomic E-state index is 0.201. The summed E-state index contributed by atoms with van der Waals surface area (Å²) < 4.78 is 15.1. The maximum Gasteiger partial charge on any atom is 0.511 e. The molecule has 144 valence electrons. The molecule has 1 saturated carbocycles. The first kappa shape index (κ1) is 20.3. The lowest BCUT2D eigenvalue weighted by Crippen LogP contribution is -2.35. The van der Waals surface area contributed by atoms with E-state index in [9.17, 15) is 9.59 Å². The molecule has 26 heavy (non-hydrogen) atoms. The molecule has 5 heteroatoms. The number of esters is 1. The highest BCUT2D eigenvalue weighted by atomic mass is 16.8. The zero-order valence-electron chi connectivity index (χ0n) is 16.2. The van der Waals surface area contributed by atoms with Crippen molar-refractivity contribution >= 4 is 12.1 Å². The quantitative estimate of drug-likeness (QED) is 0.506. The number of ether oxygens (including phenoxy) is 3. The maximum atomic E-state index is 12.4. The van der Waals surface area contributed by atoms with Gasteiger partial charge in [-0.3, -0.25) is 4.79 Å². The Labute approximate surface area is 156 Å². The molecule has 0 radical (unpaired) electrons. The first-order chi connectivity index (χ1) is 12.3. The van der Waals surface area contributed by atoms with Gasteiger partial charge in [-0.05, 0) is 37.3 Å². The van der Waals surface area contributed by atoms with E-state index in [1.54, 1.807) is 13.8 Å². The average molecular weight is 362 g/mol. The molecule has 1 aliphatic carbocycles. The molecule has 1 aromatic rings. The van der Waals surface area contributed by atoms with Crippen molar-refractivity contribution in [2.45, 2.75) is 71.5 Å². The molecule has 0 aromatic heterocycles.